The van der Waals surface area contributed by atoms with E-state index in [9.17, 15) is 5.11 Å². The monoisotopic (exact) mass is 284 g/mol. The Bertz CT molecular complexity index is 729. The smallest absolute Gasteiger partial charge is 0.0959 e. The molecule has 110 valence electrons. The number of imidazole rings is 1. The van der Waals surface area contributed by atoms with Gasteiger partial charge in [-0.3, -0.25) is 4.68 Å². The number of aliphatic hydroxyl groups excluding tert-OH is 1. The van der Waals surface area contributed by atoms with Gasteiger partial charge in [0.25, 0.3) is 0 Å². The summed E-state index contributed by atoms with van der Waals surface area (Å²) in [7, 11) is 0. The van der Waals surface area contributed by atoms with E-state index in [1.54, 1.807) is 6.33 Å². The maximum Gasteiger partial charge on any atom is 0.0959 e. The summed E-state index contributed by atoms with van der Waals surface area (Å²) in [6.45, 7) is 4.70. The minimum absolute atomic E-state index is 0.341. The van der Waals surface area contributed by atoms with E-state index in [1.807, 2.05) is 45.8 Å². The van der Waals surface area contributed by atoms with Crippen molar-refractivity contribution in [3.8, 4) is 0 Å². The quantitative estimate of drug-likeness (QED) is 0.783. The molecule has 0 aliphatic carbocycles. The average molecular weight is 284 g/mol. The number of para-hydroxylation sites is 2. The van der Waals surface area contributed by atoms with Crippen molar-refractivity contribution in [1.82, 2.24) is 19.3 Å². The van der Waals surface area contributed by atoms with Gasteiger partial charge >= 0.3 is 0 Å². The van der Waals surface area contributed by atoms with Crippen LogP contribution in [0, 0.1) is 0 Å². The first kappa shape index (κ1) is 13.8. The summed E-state index contributed by atoms with van der Waals surface area (Å²) in [5, 5.41) is 14.8. The van der Waals surface area contributed by atoms with Crippen LogP contribution in [0.25, 0.3) is 11.0 Å². The van der Waals surface area contributed by atoms with Gasteiger partial charge in [0.05, 0.1) is 35.7 Å². The van der Waals surface area contributed by atoms with Gasteiger partial charge < -0.3 is 9.67 Å². The van der Waals surface area contributed by atoms with Gasteiger partial charge in [-0.1, -0.05) is 12.1 Å². The molecular weight excluding hydrogens is 264 g/mol. The van der Waals surface area contributed by atoms with Gasteiger partial charge in [0.15, 0.2) is 0 Å². The zero-order chi connectivity index (χ0) is 14.8. The molecule has 0 bridgehead atoms. The molecule has 0 saturated carbocycles. The van der Waals surface area contributed by atoms with Crippen LogP contribution in [0.15, 0.2) is 42.9 Å². The maximum absolute atomic E-state index is 10.3. The van der Waals surface area contributed by atoms with Crippen LogP contribution in [-0.4, -0.2) is 30.5 Å². The normalized spacial score (nSPS) is 13.1. The number of aliphatic hydroxyl groups is 1. The van der Waals surface area contributed by atoms with Gasteiger partial charge in [-0.2, -0.15) is 5.10 Å². The first-order valence-electron chi connectivity index (χ1n) is 7.25. The molecule has 3 rings (SSSR count). The third kappa shape index (κ3) is 2.97. The SMILES string of the molecule is CC(C)n1ccc(CC(O)Cn2cnc3ccccc32)n1. The summed E-state index contributed by atoms with van der Waals surface area (Å²) in [5.74, 6) is 0. The highest BCUT2D eigenvalue weighted by Gasteiger charge is 2.11. The lowest BCUT2D eigenvalue weighted by molar-refractivity contribution is 0.154. The Labute approximate surface area is 123 Å². The standard InChI is InChI=1S/C16H20N4O/c1-12(2)20-8-7-13(18-20)9-14(21)10-19-11-17-15-5-3-4-6-16(15)19/h3-8,11-12,14,21H,9-10H2,1-2H3. The van der Waals surface area contributed by atoms with Gasteiger partial charge in [-0.05, 0) is 32.0 Å². The lowest BCUT2D eigenvalue weighted by Gasteiger charge is -2.11. The third-order valence-electron chi connectivity index (χ3n) is 3.57. The van der Waals surface area contributed by atoms with E-state index in [1.165, 1.54) is 0 Å². The molecule has 3 aromatic rings. The van der Waals surface area contributed by atoms with Crippen LogP contribution >= 0.6 is 0 Å². The highest BCUT2D eigenvalue weighted by Crippen LogP contribution is 2.13. The molecule has 1 atom stereocenters. The zero-order valence-corrected chi connectivity index (χ0v) is 12.3. The molecule has 2 aromatic heterocycles. The summed E-state index contributed by atoms with van der Waals surface area (Å²) in [6.07, 6.45) is 3.81. The topological polar surface area (TPSA) is 55.9 Å². The number of nitrogens with zero attached hydrogens (tertiary/aromatic N) is 4. The molecule has 0 spiro atoms. The van der Waals surface area contributed by atoms with Gasteiger partial charge in [0, 0.05) is 18.7 Å². The number of aromatic nitrogens is 4. The van der Waals surface area contributed by atoms with E-state index < -0.39 is 6.10 Å². The van der Waals surface area contributed by atoms with E-state index in [-0.39, 0.29) is 0 Å². The van der Waals surface area contributed by atoms with Crippen LogP contribution in [0.1, 0.15) is 25.6 Å². The van der Waals surface area contributed by atoms with Crippen LogP contribution in [0.3, 0.4) is 0 Å². The van der Waals surface area contributed by atoms with E-state index in [0.29, 0.717) is 19.0 Å². The number of rotatable bonds is 5. The van der Waals surface area contributed by atoms with Crippen molar-refractivity contribution < 1.29 is 5.11 Å². The minimum atomic E-state index is -0.474. The summed E-state index contributed by atoms with van der Waals surface area (Å²) in [6, 6.07) is 10.3. The fourth-order valence-corrected chi connectivity index (χ4v) is 2.46. The molecule has 0 saturated heterocycles. The summed E-state index contributed by atoms with van der Waals surface area (Å²) in [4.78, 5) is 4.34. The zero-order valence-electron chi connectivity index (χ0n) is 12.3. The van der Waals surface area contributed by atoms with Gasteiger partial charge in [0.1, 0.15) is 0 Å². The minimum Gasteiger partial charge on any atom is -0.391 e. The van der Waals surface area contributed by atoms with Crippen molar-refractivity contribution >= 4 is 11.0 Å². The number of fused-ring (bicyclic) bond motifs is 1. The molecule has 0 aliphatic heterocycles. The van der Waals surface area contributed by atoms with Crippen LogP contribution in [0.4, 0.5) is 0 Å². The second kappa shape index (κ2) is 5.69. The Kier molecular flexibility index (Phi) is 3.75. The van der Waals surface area contributed by atoms with E-state index in [0.717, 1.165) is 16.7 Å². The lowest BCUT2D eigenvalue weighted by atomic mass is 10.2. The molecule has 1 N–H and O–H groups in total. The van der Waals surface area contributed by atoms with Crippen molar-refractivity contribution in [3.63, 3.8) is 0 Å². The first-order valence-corrected chi connectivity index (χ1v) is 7.25. The van der Waals surface area contributed by atoms with Gasteiger partial charge in [-0.15, -0.1) is 0 Å². The molecule has 0 amide bonds. The van der Waals surface area contributed by atoms with Gasteiger partial charge in [0.2, 0.25) is 0 Å². The Balaban J connectivity index is 1.69. The van der Waals surface area contributed by atoms with E-state index in [4.69, 9.17) is 0 Å². The maximum atomic E-state index is 10.3. The van der Waals surface area contributed by atoms with Crippen molar-refractivity contribution in [3.05, 3.63) is 48.5 Å². The van der Waals surface area contributed by atoms with Crippen LogP contribution in [0.2, 0.25) is 0 Å². The highest BCUT2D eigenvalue weighted by atomic mass is 16.3. The molecule has 1 aromatic carbocycles. The molecule has 0 fully saturated rings. The van der Waals surface area contributed by atoms with Crippen molar-refractivity contribution in [2.75, 3.05) is 0 Å². The molecular formula is C16H20N4O. The molecule has 1 unspecified atom stereocenters. The first-order chi connectivity index (χ1) is 10.1. The van der Waals surface area contributed by atoms with Crippen molar-refractivity contribution in [2.24, 2.45) is 0 Å². The molecule has 21 heavy (non-hydrogen) atoms. The van der Waals surface area contributed by atoms with Crippen molar-refractivity contribution in [2.45, 2.75) is 39.0 Å². The Hall–Kier alpha value is -2.14. The van der Waals surface area contributed by atoms with E-state index in [2.05, 4.69) is 23.9 Å². The fraction of sp³-hybridized carbons (Fsp3) is 0.375. The van der Waals surface area contributed by atoms with Crippen LogP contribution < -0.4 is 0 Å². The molecule has 0 radical (unpaired) electrons. The molecule has 2 heterocycles. The highest BCUT2D eigenvalue weighted by molar-refractivity contribution is 5.74. The predicted octanol–water partition coefficient (Wildman–Crippen LogP) is 2.42. The third-order valence-corrected chi connectivity index (χ3v) is 3.57. The van der Waals surface area contributed by atoms with Crippen LogP contribution in [0.5, 0.6) is 0 Å². The second-order valence-electron chi connectivity index (χ2n) is 5.62. The van der Waals surface area contributed by atoms with Gasteiger partial charge in [-0.25, -0.2) is 4.98 Å². The largest absolute Gasteiger partial charge is 0.391 e. The summed E-state index contributed by atoms with van der Waals surface area (Å²) < 4.78 is 3.90. The van der Waals surface area contributed by atoms with E-state index >= 15 is 0 Å². The number of benzene rings is 1. The molecule has 5 nitrogen and oxygen atoms in total. The number of hydrogen-bond acceptors (Lipinski definition) is 3. The van der Waals surface area contributed by atoms with Crippen molar-refractivity contribution in [1.29, 1.82) is 0 Å². The predicted molar refractivity (Wildman–Crippen MR) is 82.1 cm³/mol. The molecule has 5 heteroatoms. The lowest BCUT2D eigenvalue weighted by Crippen LogP contribution is -2.18. The Morgan fingerprint density at radius 2 is 2.00 bits per heavy atom. The second-order valence-corrected chi connectivity index (χ2v) is 5.62. The summed E-state index contributed by atoms with van der Waals surface area (Å²) in [5.41, 5.74) is 2.92. The fourth-order valence-electron chi connectivity index (χ4n) is 2.46. The molecule has 0 aliphatic rings. The Morgan fingerprint density at radius 3 is 2.76 bits per heavy atom. The summed E-state index contributed by atoms with van der Waals surface area (Å²) >= 11 is 0. The average Bonchev–Trinajstić information content (AvgIpc) is 3.07. The Morgan fingerprint density at radius 1 is 1.19 bits per heavy atom. The van der Waals surface area contributed by atoms with Crippen LogP contribution in [-0.2, 0) is 13.0 Å². The number of hydrogen-bond donors (Lipinski definition) is 1.